The third kappa shape index (κ3) is 6.50. The lowest BCUT2D eigenvalue weighted by molar-refractivity contribution is 0.360. The average Bonchev–Trinajstić information content (AvgIpc) is 2.71. The second-order valence-electron chi connectivity index (χ2n) is 7.05. The highest BCUT2D eigenvalue weighted by Crippen LogP contribution is 2.46. The zero-order valence-corrected chi connectivity index (χ0v) is 18.2. The number of ether oxygens (including phenoxy) is 1. The fourth-order valence-corrected chi connectivity index (χ4v) is 5.68. The minimum absolute atomic E-state index is 0.182. The quantitative estimate of drug-likeness (QED) is 0.307. The minimum atomic E-state index is -4.98. The van der Waals surface area contributed by atoms with Crippen molar-refractivity contribution in [2.45, 2.75) is 24.3 Å². The van der Waals surface area contributed by atoms with Gasteiger partial charge in [-0.2, -0.15) is 8.42 Å². The Morgan fingerprint density at radius 1 is 0.839 bits per heavy atom. The van der Waals surface area contributed by atoms with Gasteiger partial charge in [-0.15, -0.1) is 0 Å². The Balaban J connectivity index is 1.72. The number of benzene rings is 3. The molecule has 3 aromatic carbocycles. The van der Waals surface area contributed by atoms with Crippen LogP contribution in [0.5, 0.6) is 11.5 Å². The topological polar surface area (TPSA) is 121 Å². The van der Waals surface area contributed by atoms with E-state index in [9.17, 15) is 22.8 Å². The summed E-state index contributed by atoms with van der Waals surface area (Å²) >= 11 is 0. The van der Waals surface area contributed by atoms with Gasteiger partial charge in [-0.1, -0.05) is 54.6 Å². The molecular weight excluding hydrogens is 439 g/mol. The summed E-state index contributed by atoms with van der Waals surface area (Å²) in [5.41, 5.74) is 2.75. The summed E-state index contributed by atoms with van der Waals surface area (Å²) in [6.07, 6.45) is 0.230. The Morgan fingerprint density at radius 2 is 1.42 bits per heavy atom. The molecule has 0 aliphatic carbocycles. The molecule has 0 aliphatic heterocycles. The van der Waals surface area contributed by atoms with Crippen LogP contribution in [0.25, 0.3) is 11.1 Å². The van der Waals surface area contributed by atoms with Crippen molar-refractivity contribution >= 4 is 17.7 Å². The van der Waals surface area contributed by atoms with E-state index in [1.165, 1.54) is 0 Å². The monoisotopic (exact) mass is 462 g/mol. The van der Waals surface area contributed by atoms with Gasteiger partial charge in [0.25, 0.3) is 10.1 Å². The maximum absolute atomic E-state index is 11.4. The molecular formula is C22H23O7PS. The van der Waals surface area contributed by atoms with E-state index in [-0.39, 0.29) is 12.8 Å². The number of hydrogen-bond donors (Lipinski definition) is 3. The van der Waals surface area contributed by atoms with Crippen LogP contribution < -0.4 is 4.74 Å². The van der Waals surface area contributed by atoms with Crippen LogP contribution in [0.3, 0.4) is 0 Å². The van der Waals surface area contributed by atoms with E-state index in [0.29, 0.717) is 12.2 Å². The van der Waals surface area contributed by atoms with Gasteiger partial charge in [0.1, 0.15) is 11.5 Å². The fraction of sp³-hybridized carbons (Fsp3) is 0.182. The van der Waals surface area contributed by atoms with Gasteiger partial charge in [-0.05, 0) is 60.2 Å². The standard InChI is InChI=1S/C22H23O7PS/c23-30(24,25)22(31(26,27)28)12-6-8-17-7-4-5-11-21(17)18-13-15-20(16-14-18)29-19-9-2-1-3-10-19/h1-5,7,9-11,13-16,22H,6,8,12H2,(H2,23,24,25)(H,26,27,28). The summed E-state index contributed by atoms with van der Waals surface area (Å²) in [6.45, 7) is 0. The van der Waals surface area contributed by atoms with Crippen molar-refractivity contribution < 1.29 is 32.1 Å². The van der Waals surface area contributed by atoms with Crippen LogP contribution in [0.4, 0.5) is 0 Å². The van der Waals surface area contributed by atoms with Gasteiger partial charge in [0.05, 0.1) is 0 Å². The predicted molar refractivity (Wildman–Crippen MR) is 119 cm³/mol. The van der Waals surface area contributed by atoms with Crippen LogP contribution in [0.1, 0.15) is 18.4 Å². The van der Waals surface area contributed by atoms with Crippen molar-refractivity contribution in [1.82, 2.24) is 0 Å². The summed E-state index contributed by atoms with van der Waals surface area (Å²) in [6, 6.07) is 24.4. The third-order valence-corrected chi connectivity index (χ3v) is 8.33. The zero-order chi connectivity index (χ0) is 22.5. The minimum Gasteiger partial charge on any atom is -0.457 e. The molecule has 9 heteroatoms. The van der Waals surface area contributed by atoms with Crippen molar-refractivity contribution in [3.8, 4) is 22.6 Å². The summed E-state index contributed by atoms with van der Waals surface area (Å²) < 4.78 is 49.0. The number of hydrogen-bond acceptors (Lipinski definition) is 4. The Bertz CT molecular complexity index is 1160. The molecule has 0 spiro atoms. The predicted octanol–water partition coefficient (Wildman–Crippen LogP) is 4.86. The van der Waals surface area contributed by atoms with Crippen LogP contribution in [0.15, 0.2) is 78.9 Å². The van der Waals surface area contributed by atoms with E-state index in [1.54, 1.807) is 0 Å². The molecule has 0 saturated carbocycles. The molecule has 1 atom stereocenters. The zero-order valence-electron chi connectivity index (χ0n) is 16.5. The van der Waals surface area contributed by atoms with Crippen LogP contribution in [-0.4, -0.2) is 27.7 Å². The first kappa shape index (κ1) is 23.2. The van der Waals surface area contributed by atoms with Gasteiger partial charge in [0.15, 0.2) is 4.99 Å². The molecule has 0 aromatic heterocycles. The molecule has 31 heavy (non-hydrogen) atoms. The van der Waals surface area contributed by atoms with Crippen molar-refractivity contribution in [3.63, 3.8) is 0 Å². The molecule has 3 N–H and O–H groups in total. The first-order valence-electron chi connectivity index (χ1n) is 9.57. The van der Waals surface area contributed by atoms with E-state index in [0.717, 1.165) is 22.4 Å². The van der Waals surface area contributed by atoms with Crippen LogP contribution >= 0.6 is 7.60 Å². The molecule has 3 aromatic rings. The molecule has 0 heterocycles. The highest BCUT2D eigenvalue weighted by molar-refractivity contribution is 7.93. The summed E-state index contributed by atoms with van der Waals surface area (Å²) in [4.78, 5) is 16.4. The van der Waals surface area contributed by atoms with Crippen molar-refractivity contribution in [2.75, 3.05) is 0 Å². The maximum Gasteiger partial charge on any atom is 0.346 e. The van der Waals surface area contributed by atoms with Gasteiger partial charge in [-0.3, -0.25) is 9.12 Å². The summed E-state index contributed by atoms with van der Waals surface area (Å²) in [5, 5.41) is 0. The van der Waals surface area contributed by atoms with Gasteiger partial charge in [0.2, 0.25) is 0 Å². The fourth-order valence-electron chi connectivity index (χ4n) is 3.30. The first-order chi connectivity index (χ1) is 14.6. The van der Waals surface area contributed by atoms with Gasteiger partial charge >= 0.3 is 7.60 Å². The highest BCUT2D eigenvalue weighted by Gasteiger charge is 2.39. The molecule has 7 nitrogen and oxygen atoms in total. The van der Waals surface area contributed by atoms with Crippen LogP contribution in [0.2, 0.25) is 0 Å². The largest absolute Gasteiger partial charge is 0.457 e. The van der Waals surface area contributed by atoms with Crippen LogP contribution in [0, 0.1) is 0 Å². The van der Waals surface area contributed by atoms with Gasteiger partial charge in [-0.25, -0.2) is 0 Å². The Labute approximate surface area is 181 Å². The molecule has 0 fully saturated rings. The Hall–Kier alpha value is -2.48. The smallest absolute Gasteiger partial charge is 0.346 e. The SMILES string of the molecule is O=P(O)(O)C(CCCc1ccccc1-c1ccc(Oc2ccccc2)cc1)S(=O)(=O)O. The van der Waals surface area contributed by atoms with Crippen molar-refractivity contribution in [2.24, 2.45) is 0 Å². The normalized spacial score (nSPS) is 13.0. The molecule has 0 bridgehead atoms. The van der Waals surface area contributed by atoms with Crippen molar-refractivity contribution in [3.05, 3.63) is 84.4 Å². The molecule has 164 valence electrons. The van der Waals surface area contributed by atoms with Gasteiger partial charge in [0, 0.05) is 0 Å². The molecule has 3 rings (SSSR count). The first-order valence-corrected chi connectivity index (χ1v) is 12.8. The molecule has 0 radical (unpaired) electrons. The van der Waals surface area contributed by atoms with Crippen LogP contribution in [-0.2, 0) is 21.1 Å². The van der Waals surface area contributed by atoms with Crippen molar-refractivity contribution in [1.29, 1.82) is 0 Å². The number of rotatable bonds is 9. The van der Waals surface area contributed by atoms with E-state index in [1.807, 2.05) is 78.9 Å². The lowest BCUT2D eigenvalue weighted by Gasteiger charge is -2.16. The molecule has 0 saturated heterocycles. The Morgan fingerprint density at radius 3 is 2.03 bits per heavy atom. The molecule has 0 aliphatic rings. The van der Waals surface area contributed by atoms with E-state index in [2.05, 4.69) is 0 Å². The maximum atomic E-state index is 11.4. The summed E-state index contributed by atoms with van der Waals surface area (Å²) in [5.74, 6) is 1.42. The second-order valence-corrected chi connectivity index (χ2v) is 10.8. The summed E-state index contributed by atoms with van der Waals surface area (Å²) in [7, 11) is -9.82. The molecule has 1 unspecified atom stereocenters. The van der Waals surface area contributed by atoms with E-state index in [4.69, 9.17) is 9.29 Å². The number of para-hydroxylation sites is 1. The average molecular weight is 462 g/mol. The van der Waals surface area contributed by atoms with E-state index < -0.39 is 22.7 Å². The molecule has 0 amide bonds. The van der Waals surface area contributed by atoms with Gasteiger partial charge < -0.3 is 14.5 Å². The third-order valence-electron chi connectivity index (χ3n) is 4.78. The second kappa shape index (κ2) is 9.77. The lowest BCUT2D eigenvalue weighted by atomic mass is 9.96. The lowest BCUT2D eigenvalue weighted by Crippen LogP contribution is -2.20. The highest BCUT2D eigenvalue weighted by atomic mass is 32.2. The Kier molecular flexibility index (Phi) is 7.30. The number of aryl methyl sites for hydroxylation is 1. The van der Waals surface area contributed by atoms with E-state index >= 15 is 0 Å².